The van der Waals surface area contributed by atoms with Gasteiger partial charge in [-0.2, -0.15) is 0 Å². The van der Waals surface area contributed by atoms with Crippen LogP contribution in [-0.2, 0) is 6.61 Å². The molecule has 1 heterocycles. The fourth-order valence-electron chi connectivity index (χ4n) is 3.06. The first-order chi connectivity index (χ1) is 14.5. The van der Waals surface area contributed by atoms with Gasteiger partial charge in [0.15, 0.2) is 0 Å². The number of hydrogen-bond acceptors (Lipinski definition) is 4. The summed E-state index contributed by atoms with van der Waals surface area (Å²) in [4.78, 5) is 8.90. The number of benzene rings is 3. The molecule has 0 aliphatic carbocycles. The summed E-state index contributed by atoms with van der Waals surface area (Å²) in [5, 5.41) is 12.0. The highest BCUT2D eigenvalue weighted by atomic mass is 35.5. The van der Waals surface area contributed by atoms with Crippen LogP contribution in [0.5, 0.6) is 11.5 Å². The molecule has 30 heavy (non-hydrogen) atoms. The molecular weight excluding hydrogens is 419 g/mol. The van der Waals surface area contributed by atoms with Gasteiger partial charge in [0.05, 0.1) is 5.69 Å². The van der Waals surface area contributed by atoms with Crippen LogP contribution in [0.25, 0.3) is 22.4 Å². The molecule has 0 fully saturated rings. The maximum Gasteiger partial charge on any atom is 0.128 e. The zero-order chi connectivity index (χ0) is 21.1. The van der Waals surface area contributed by atoms with Gasteiger partial charge < -0.3 is 9.84 Å². The van der Waals surface area contributed by atoms with Crippen LogP contribution < -0.4 is 4.74 Å². The minimum absolute atomic E-state index is 0.0805. The van der Waals surface area contributed by atoms with Gasteiger partial charge in [0.1, 0.15) is 23.9 Å². The van der Waals surface area contributed by atoms with Crippen molar-refractivity contribution in [2.45, 2.75) is 13.5 Å². The molecule has 0 saturated carbocycles. The molecule has 1 aromatic heterocycles. The average molecular weight is 437 g/mol. The van der Waals surface area contributed by atoms with Gasteiger partial charge in [-0.1, -0.05) is 47.5 Å². The molecule has 0 radical (unpaired) electrons. The number of phenols is 1. The molecule has 0 bridgehead atoms. The Hall–Kier alpha value is -3.08. The highest BCUT2D eigenvalue weighted by Crippen LogP contribution is 2.37. The van der Waals surface area contributed by atoms with Crippen LogP contribution in [-0.4, -0.2) is 15.1 Å². The summed E-state index contributed by atoms with van der Waals surface area (Å²) in [5.74, 6) is 1.26. The number of rotatable bonds is 5. The molecule has 0 aliphatic rings. The fraction of sp³-hybridized carbons (Fsp3) is 0.0833. The summed E-state index contributed by atoms with van der Waals surface area (Å²) in [7, 11) is 0. The molecule has 0 spiro atoms. The first-order valence-electron chi connectivity index (χ1n) is 9.30. The SMILES string of the molecule is Cc1ncc(-c2ccc(Cl)cc2)c(-c2ccc(OCc3ccc(Cl)cc3)cc2O)n1. The van der Waals surface area contributed by atoms with Gasteiger partial charge in [-0.05, 0) is 54.4 Å². The van der Waals surface area contributed by atoms with E-state index in [1.165, 1.54) is 0 Å². The lowest BCUT2D eigenvalue weighted by Gasteiger charge is -2.13. The van der Waals surface area contributed by atoms with Gasteiger partial charge >= 0.3 is 0 Å². The van der Waals surface area contributed by atoms with Crippen molar-refractivity contribution in [1.29, 1.82) is 0 Å². The number of aryl methyl sites for hydroxylation is 1. The molecule has 4 nitrogen and oxygen atoms in total. The van der Waals surface area contributed by atoms with E-state index in [1.807, 2.05) is 61.5 Å². The zero-order valence-electron chi connectivity index (χ0n) is 16.1. The maximum atomic E-state index is 10.7. The lowest BCUT2D eigenvalue weighted by molar-refractivity contribution is 0.304. The highest BCUT2D eigenvalue weighted by molar-refractivity contribution is 6.30. The van der Waals surface area contributed by atoms with E-state index in [9.17, 15) is 5.11 Å². The molecule has 0 atom stereocenters. The van der Waals surface area contributed by atoms with Crippen molar-refractivity contribution in [2.24, 2.45) is 0 Å². The van der Waals surface area contributed by atoms with E-state index in [1.54, 1.807) is 18.3 Å². The van der Waals surface area contributed by atoms with Crippen LogP contribution in [0.15, 0.2) is 72.9 Å². The molecular formula is C24H18Cl2N2O2. The summed E-state index contributed by atoms with van der Waals surface area (Å²) in [6.45, 7) is 2.19. The predicted octanol–water partition coefficient (Wildman–Crippen LogP) is 6.71. The minimum atomic E-state index is 0.0805. The van der Waals surface area contributed by atoms with Gasteiger partial charge in [-0.25, -0.2) is 9.97 Å². The average Bonchev–Trinajstić information content (AvgIpc) is 2.74. The summed E-state index contributed by atoms with van der Waals surface area (Å²) in [5.41, 5.74) is 3.95. The van der Waals surface area contributed by atoms with Crippen molar-refractivity contribution in [3.63, 3.8) is 0 Å². The standard InChI is InChI=1S/C24H18Cl2N2O2/c1-15-27-13-22(17-4-8-19(26)9-5-17)24(28-15)21-11-10-20(12-23(21)29)30-14-16-2-6-18(25)7-3-16/h2-13,29H,14H2,1H3. The minimum Gasteiger partial charge on any atom is -0.507 e. The van der Waals surface area contributed by atoms with Gasteiger partial charge in [-0.3, -0.25) is 0 Å². The molecule has 0 amide bonds. The second-order valence-electron chi connectivity index (χ2n) is 6.78. The second-order valence-corrected chi connectivity index (χ2v) is 7.65. The lowest BCUT2D eigenvalue weighted by atomic mass is 10.00. The first-order valence-corrected chi connectivity index (χ1v) is 10.1. The van der Waals surface area contributed by atoms with E-state index in [-0.39, 0.29) is 5.75 Å². The number of nitrogens with zero attached hydrogens (tertiary/aromatic N) is 2. The Morgan fingerprint density at radius 1 is 0.867 bits per heavy atom. The second kappa shape index (κ2) is 8.74. The first kappa shape index (κ1) is 20.2. The van der Waals surface area contributed by atoms with E-state index in [0.29, 0.717) is 39.5 Å². The van der Waals surface area contributed by atoms with Crippen molar-refractivity contribution in [1.82, 2.24) is 9.97 Å². The fourth-order valence-corrected chi connectivity index (χ4v) is 3.32. The summed E-state index contributed by atoms with van der Waals surface area (Å²) >= 11 is 11.9. The molecule has 6 heteroatoms. The number of hydrogen-bond donors (Lipinski definition) is 1. The Bertz CT molecular complexity index is 1180. The van der Waals surface area contributed by atoms with E-state index in [2.05, 4.69) is 9.97 Å². The van der Waals surface area contributed by atoms with E-state index in [0.717, 1.165) is 16.7 Å². The van der Waals surface area contributed by atoms with Gasteiger partial charge in [0, 0.05) is 33.4 Å². The summed E-state index contributed by atoms with van der Waals surface area (Å²) in [6.07, 6.45) is 1.76. The highest BCUT2D eigenvalue weighted by Gasteiger charge is 2.15. The summed E-state index contributed by atoms with van der Waals surface area (Å²) < 4.78 is 5.80. The number of halogens is 2. The number of phenolic OH excluding ortho intramolecular Hbond substituents is 1. The van der Waals surface area contributed by atoms with Crippen molar-refractivity contribution in [3.8, 4) is 33.9 Å². The van der Waals surface area contributed by atoms with Crippen molar-refractivity contribution in [2.75, 3.05) is 0 Å². The molecule has 0 unspecified atom stereocenters. The van der Waals surface area contributed by atoms with Gasteiger partial charge in [0.25, 0.3) is 0 Å². The third-order valence-electron chi connectivity index (χ3n) is 4.61. The van der Waals surface area contributed by atoms with Crippen LogP contribution >= 0.6 is 23.2 Å². The quantitative estimate of drug-likeness (QED) is 0.377. The molecule has 150 valence electrons. The topological polar surface area (TPSA) is 55.2 Å². The monoisotopic (exact) mass is 436 g/mol. The van der Waals surface area contributed by atoms with Crippen LogP contribution in [0.3, 0.4) is 0 Å². The number of ether oxygens (including phenoxy) is 1. The van der Waals surface area contributed by atoms with Gasteiger partial charge in [-0.15, -0.1) is 0 Å². The predicted molar refractivity (Wildman–Crippen MR) is 120 cm³/mol. The van der Waals surface area contributed by atoms with Gasteiger partial charge in [0.2, 0.25) is 0 Å². The lowest BCUT2D eigenvalue weighted by Crippen LogP contribution is -1.97. The normalized spacial score (nSPS) is 10.8. The van der Waals surface area contributed by atoms with Crippen LogP contribution in [0.4, 0.5) is 0 Å². The summed E-state index contributed by atoms with van der Waals surface area (Å²) in [6, 6.07) is 20.1. The third kappa shape index (κ3) is 4.56. The van der Waals surface area contributed by atoms with Crippen LogP contribution in [0.2, 0.25) is 10.0 Å². The Balaban J connectivity index is 1.63. The van der Waals surface area contributed by atoms with Crippen molar-refractivity contribution >= 4 is 23.2 Å². The van der Waals surface area contributed by atoms with E-state index < -0.39 is 0 Å². The van der Waals surface area contributed by atoms with E-state index >= 15 is 0 Å². The third-order valence-corrected chi connectivity index (χ3v) is 5.11. The molecule has 1 N–H and O–H groups in total. The molecule has 0 aliphatic heterocycles. The molecule has 4 aromatic rings. The van der Waals surface area contributed by atoms with Crippen LogP contribution in [0, 0.1) is 6.92 Å². The van der Waals surface area contributed by atoms with Crippen LogP contribution in [0.1, 0.15) is 11.4 Å². The Kier molecular flexibility index (Phi) is 5.88. The van der Waals surface area contributed by atoms with E-state index in [4.69, 9.17) is 27.9 Å². The van der Waals surface area contributed by atoms with Crippen molar-refractivity contribution in [3.05, 3.63) is 94.4 Å². The Morgan fingerprint density at radius 3 is 2.20 bits per heavy atom. The maximum absolute atomic E-state index is 10.7. The number of aromatic hydroxyl groups is 1. The smallest absolute Gasteiger partial charge is 0.128 e. The molecule has 4 rings (SSSR count). The molecule has 3 aromatic carbocycles. The number of aromatic nitrogens is 2. The Labute approximate surface area is 184 Å². The molecule has 0 saturated heterocycles. The van der Waals surface area contributed by atoms with Crippen molar-refractivity contribution < 1.29 is 9.84 Å². The zero-order valence-corrected chi connectivity index (χ0v) is 17.7. The largest absolute Gasteiger partial charge is 0.507 e. The Morgan fingerprint density at radius 2 is 1.53 bits per heavy atom.